The summed E-state index contributed by atoms with van der Waals surface area (Å²) in [6.07, 6.45) is 7.79. The standard InChI is InChI=1S/C22H24N2/c1-16-4-2-6-18(14-16)19-10-12-23-20(15-19)9-8-17-5-3-7-22-21(17)11-13-24-22/h2-7,10-11,13-14,20,23-24H,8-9,12,15H2,1H3. The third kappa shape index (κ3) is 3.15. The monoisotopic (exact) mass is 316 g/mol. The van der Waals surface area contributed by atoms with Gasteiger partial charge in [-0.25, -0.2) is 0 Å². The lowest BCUT2D eigenvalue weighted by atomic mass is 9.91. The highest BCUT2D eigenvalue weighted by molar-refractivity contribution is 5.82. The molecule has 0 radical (unpaired) electrons. The highest BCUT2D eigenvalue weighted by Gasteiger charge is 2.16. The quantitative estimate of drug-likeness (QED) is 0.707. The largest absolute Gasteiger partial charge is 0.361 e. The summed E-state index contributed by atoms with van der Waals surface area (Å²) in [7, 11) is 0. The van der Waals surface area contributed by atoms with E-state index >= 15 is 0 Å². The van der Waals surface area contributed by atoms with E-state index in [-0.39, 0.29) is 0 Å². The zero-order valence-electron chi connectivity index (χ0n) is 14.2. The van der Waals surface area contributed by atoms with Gasteiger partial charge in [-0.3, -0.25) is 0 Å². The van der Waals surface area contributed by atoms with Crippen LogP contribution in [0.1, 0.15) is 29.5 Å². The molecule has 0 bridgehead atoms. The Morgan fingerprint density at radius 2 is 2.00 bits per heavy atom. The van der Waals surface area contributed by atoms with Gasteiger partial charge in [0, 0.05) is 29.7 Å². The minimum absolute atomic E-state index is 0.555. The van der Waals surface area contributed by atoms with Gasteiger partial charge in [0.25, 0.3) is 0 Å². The molecule has 2 heterocycles. The molecule has 1 atom stereocenters. The first-order valence-electron chi connectivity index (χ1n) is 8.84. The van der Waals surface area contributed by atoms with Gasteiger partial charge >= 0.3 is 0 Å². The Kier molecular flexibility index (Phi) is 4.22. The van der Waals surface area contributed by atoms with Crippen LogP contribution in [0, 0.1) is 6.92 Å². The average Bonchev–Trinajstić information content (AvgIpc) is 3.09. The van der Waals surface area contributed by atoms with Crippen molar-refractivity contribution < 1.29 is 0 Å². The van der Waals surface area contributed by atoms with E-state index in [1.807, 2.05) is 6.20 Å². The molecule has 0 spiro atoms. The molecule has 4 rings (SSSR count). The van der Waals surface area contributed by atoms with Gasteiger partial charge in [-0.1, -0.05) is 48.0 Å². The highest BCUT2D eigenvalue weighted by atomic mass is 14.9. The van der Waals surface area contributed by atoms with Gasteiger partial charge in [0.2, 0.25) is 0 Å². The summed E-state index contributed by atoms with van der Waals surface area (Å²) >= 11 is 0. The van der Waals surface area contributed by atoms with Crippen LogP contribution in [0.15, 0.2) is 60.8 Å². The summed E-state index contributed by atoms with van der Waals surface area (Å²) in [6, 6.07) is 18.2. The van der Waals surface area contributed by atoms with Gasteiger partial charge in [-0.15, -0.1) is 0 Å². The summed E-state index contributed by atoms with van der Waals surface area (Å²) in [6.45, 7) is 3.14. The number of hydrogen-bond acceptors (Lipinski definition) is 1. The van der Waals surface area contributed by atoms with Crippen LogP contribution < -0.4 is 5.32 Å². The maximum absolute atomic E-state index is 3.66. The summed E-state index contributed by atoms with van der Waals surface area (Å²) in [4.78, 5) is 3.31. The van der Waals surface area contributed by atoms with Crippen LogP contribution >= 0.6 is 0 Å². The third-order valence-electron chi connectivity index (χ3n) is 5.06. The highest BCUT2D eigenvalue weighted by Crippen LogP contribution is 2.26. The lowest BCUT2D eigenvalue weighted by molar-refractivity contribution is 0.502. The third-order valence-corrected chi connectivity index (χ3v) is 5.06. The number of fused-ring (bicyclic) bond motifs is 1. The zero-order chi connectivity index (χ0) is 16.4. The molecular formula is C22H24N2. The van der Waals surface area contributed by atoms with Crippen molar-refractivity contribution in [2.24, 2.45) is 0 Å². The molecule has 24 heavy (non-hydrogen) atoms. The topological polar surface area (TPSA) is 27.8 Å². The van der Waals surface area contributed by atoms with Gasteiger partial charge in [0.05, 0.1) is 0 Å². The van der Waals surface area contributed by atoms with Crippen molar-refractivity contribution in [1.29, 1.82) is 0 Å². The Morgan fingerprint density at radius 3 is 2.92 bits per heavy atom. The van der Waals surface area contributed by atoms with Crippen molar-refractivity contribution in [1.82, 2.24) is 10.3 Å². The predicted molar refractivity (Wildman–Crippen MR) is 102 cm³/mol. The Balaban J connectivity index is 1.45. The number of aryl methyl sites for hydroxylation is 2. The number of aromatic nitrogens is 1. The van der Waals surface area contributed by atoms with Gasteiger partial charge in [-0.2, -0.15) is 0 Å². The van der Waals surface area contributed by atoms with E-state index in [1.54, 1.807) is 0 Å². The van der Waals surface area contributed by atoms with E-state index in [1.165, 1.54) is 39.6 Å². The van der Waals surface area contributed by atoms with Crippen molar-refractivity contribution in [3.8, 4) is 0 Å². The molecule has 1 aliphatic heterocycles. The van der Waals surface area contributed by atoms with Gasteiger partial charge in [0.15, 0.2) is 0 Å². The minimum Gasteiger partial charge on any atom is -0.361 e. The molecule has 0 amide bonds. The van der Waals surface area contributed by atoms with E-state index in [2.05, 4.69) is 71.8 Å². The van der Waals surface area contributed by atoms with Crippen molar-refractivity contribution >= 4 is 16.5 Å². The van der Waals surface area contributed by atoms with E-state index in [0.29, 0.717) is 6.04 Å². The minimum atomic E-state index is 0.555. The molecule has 122 valence electrons. The molecule has 2 N–H and O–H groups in total. The Bertz CT molecular complexity index is 872. The number of hydrogen-bond donors (Lipinski definition) is 2. The van der Waals surface area contributed by atoms with Crippen molar-refractivity contribution in [3.05, 3.63) is 77.5 Å². The molecule has 3 aromatic rings. The molecule has 0 saturated carbocycles. The fourth-order valence-electron chi connectivity index (χ4n) is 3.75. The lowest BCUT2D eigenvalue weighted by Gasteiger charge is -2.25. The van der Waals surface area contributed by atoms with Gasteiger partial charge < -0.3 is 10.3 Å². The van der Waals surface area contributed by atoms with Crippen molar-refractivity contribution in [2.75, 3.05) is 6.54 Å². The van der Waals surface area contributed by atoms with E-state index in [9.17, 15) is 0 Å². The van der Waals surface area contributed by atoms with Crippen LogP contribution in [-0.4, -0.2) is 17.6 Å². The molecule has 0 aliphatic carbocycles. The predicted octanol–water partition coefficient (Wildman–Crippen LogP) is 4.85. The first-order chi connectivity index (χ1) is 11.8. The van der Waals surface area contributed by atoms with Gasteiger partial charge in [0.1, 0.15) is 0 Å². The summed E-state index contributed by atoms with van der Waals surface area (Å²) < 4.78 is 0. The second kappa shape index (κ2) is 6.66. The number of H-pyrrole nitrogens is 1. The molecule has 0 saturated heterocycles. The van der Waals surface area contributed by atoms with Crippen LogP contribution in [0.2, 0.25) is 0 Å². The molecule has 1 unspecified atom stereocenters. The van der Waals surface area contributed by atoms with Crippen LogP contribution in [0.4, 0.5) is 0 Å². The van der Waals surface area contributed by atoms with E-state index < -0.39 is 0 Å². The smallest absolute Gasteiger partial charge is 0.0456 e. The molecular weight excluding hydrogens is 292 g/mol. The number of rotatable bonds is 4. The van der Waals surface area contributed by atoms with Crippen LogP contribution in [-0.2, 0) is 6.42 Å². The zero-order valence-corrected chi connectivity index (χ0v) is 14.2. The first-order valence-corrected chi connectivity index (χ1v) is 8.84. The van der Waals surface area contributed by atoms with Crippen LogP contribution in [0.3, 0.4) is 0 Å². The van der Waals surface area contributed by atoms with Crippen LogP contribution in [0.5, 0.6) is 0 Å². The van der Waals surface area contributed by atoms with Crippen LogP contribution in [0.25, 0.3) is 16.5 Å². The molecule has 2 heteroatoms. The first kappa shape index (κ1) is 15.2. The van der Waals surface area contributed by atoms with Gasteiger partial charge in [-0.05, 0) is 55.0 Å². The number of benzene rings is 2. The lowest BCUT2D eigenvalue weighted by Crippen LogP contribution is -2.33. The Morgan fingerprint density at radius 1 is 1.08 bits per heavy atom. The molecule has 1 aromatic heterocycles. The molecule has 2 nitrogen and oxygen atoms in total. The summed E-state index contributed by atoms with van der Waals surface area (Å²) in [5, 5.41) is 5.03. The Hall–Kier alpha value is -2.32. The number of aromatic amines is 1. The van der Waals surface area contributed by atoms with E-state index in [4.69, 9.17) is 0 Å². The maximum atomic E-state index is 3.66. The number of nitrogens with one attached hydrogen (secondary N) is 2. The second-order valence-corrected chi connectivity index (χ2v) is 6.80. The van der Waals surface area contributed by atoms with E-state index in [0.717, 1.165) is 19.4 Å². The normalized spacial score (nSPS) is 17.9. The molecule has 0 fully saturated rings. The fraction of sp³-hybridized carbons (Fsp3) is 0.273. The molecule has 2 aromatic carbocycles. The van der Waals surface area contributed by atoms with Crippen molar-refractivity contribution in [3.63, 3.8) is 0 Å². The van der Waals surface area contributed by atoms with Crippen molar-refractivity contribution in [2.45, 2.75) is 32.2 Å². The Labute approximate surface area is 143 Å². The molecule has 1 aliphatic rings. The second-order valence-electron chi connectivity index (χ2n) is 6.80. The summed E-state index contributed by atoms with van der Waals surface area (Å²) in [5.41, 5.74) is 6.89. The summed E-state index contributed by atoms with van der Waals surface area (Å²) in [5.74, 6) is 0. The SMILES string of the molecule is Cc1cccc(C2=CCNC(CCc3cccc4[nH]ccc34)C2)c1. The maximum Gasteiger partial charge on any atom is 0.0456 e. The fourth-order valence-corrected chi connectivity index (χ4v) is 3.75. The average molecular weight is 316 g/mol.